The standard InChI is InChI=1S/C24H26ClN3OS/c1-16-9-17(2)11-23(10-16)28-18(3)12-21(19(28)4)13-26-27-24(29)15-30-14-20-5-7-22(25)8-6-20/h5-13H,14-15H2,1-4H3,(H,27,29)/b26-13-. The average molecular weight is 440 g/mol. The van der Waals surface area contributed by atoms with Crippen molar-refractivity contribution in [2.24, 2.45) is 5.10 Å². The molecule has 3 aromatic rings. The molecule has 0 aliphatic rings. The molecule has 1 heterocycles. The first-order chi connectivity index (χ1) is 14.3. The van der Waals surface area contributed by atoms with Gasteiger partial charge in [0.1, 0.15) is 0 Å². The van der Waals surface area contributed by atoms with E-state index < -0.39 is 0 Å². The Hall–Kier alpha value is -2.50. The number of amides is 1. The second kappa shape index (κ2) is 10.0. The summed E-state index contributed by atoms with van der Waals surface area (Å²) >= 11 is 7.43. The highest BCUT2D eigenvalue weighted by Gasteiger charge is 2.10. The van der Waals surface area contributed by atoms with Gasteiger partial charge in [-0.1, -0.05) is 29.8 Å². The van der Waals surface area contributed by atoms with Crippen LogP contribution >= 0.6 is 23.4 Å². The van der Waals surface area contributed by atoms with E-state index in [1.54, 1.807) is 18.0 Å². The van der Waals surface area contributed by atoms with Crippen LogP contribution in [0.1, 0.15) is 33.6 Å². The number of aryl methyl sites for hydroxylation is 3. The maximum absolute atomic E-state index is 12.1. The zero-order chi connectivity index (χ0) is 21.7. The number of hydrogen-bond donors (Lipinski definition) is 1. The van der Waals surface area contributed by atoms with Crippen LogP contribution in [0.4, 0.5) is 0 Å². The van der Waals surface area contributed by atoms with Gasteiger partial charge in [-0.25, -0.2) is 5.43 Å². The van der Waals surface area contributed by atoms with Crippen LogP contribution in [0.25, 0.3) is 5.69 Å². The molecule has 2 aromatic carbocycles. The van der Waals surface area contributed by atoms with Crippen molar-refractivity contribution in [3.63, 3.8) is 0 Å². The molecule has 1 amide bonds. The summed E-state index contributed by atoms with van der Waals surface area (Å²) in [5, 5.41) is 4.87. The van der Waals surface area contributed by atoms with Crippen molar-refractivity contribution in [2.75, 3.05) is 5.75 Å². The van der Waals surface area contributed by atoms with Crippen molar-refractivity contribution in [1.29, 1.82) is 0 Å². The number of aromatic nitrogens is 1. The van der Waals surface area contributed by atoms with Gasteiger partial charge in [-0.3, -0.25) is 4.79 Å². The van der Waals surface area contributed by atoms with Gasteiger partial charge in [-0.15, -0.1) is 11.8 Å². The first-order valence-corrected chi connectivity index (χ1v) is 11.3. The van der Waals surface area contributed by atoms with Crippen molar-refractivity contribution in [2.45, 2.75) is 33.4 Å². The van der Waals surface area contributed by atoms with Crippen LogP contribution in [0.2, 0.25) is 5.02 Å². The molecule has 0 atom stereocenters. The lowest BCUT2D eigenvalue weighted by Gasteiger charge is -2.11. The Bertz CT molecular complexity index is 1050. The van der Waals surface area contributed by atoms with E-state index in [0.29, 0.717) is 10.8 Å². The van der Waals surface area contributed by atoms with Crippen LogP contribution in [-0.4, -0.2) is 22.4 Å². The zero-order valence-corrected chi connectivity index (χ0v) is 19.3. The minimum absolute atomic E-state index is 0.117. The number of nitrogens with one attached hydrogen (secondary N) is 1. The number of rotatable bonds is 7. The Balaban J connectivity index is 1.58. The third-order valence-corrected chi connectivity index (χ3v) is 6.00. The SMILES string of the molecule is Cc1cc(C)cc(-n2c(C)cc(/C=N\NC(=O)CSCc3ccc(Cl)cc3)c2C)c1. The van der Waals surface area contributed by atoms with E-state index in [-0.39, 0.29) is 5.91 Å². The molecule has 3 rings (SSSR count). The van der Waals surface area contributed by atoms with E-state index >= 15 is 0 Å². The molecule has 0 unspecified atom stereocenters. The maximum Gasteiger partial charge on any atom is 0.250 e. The normalized spacial score (nSPS) is 11.2. The lowest BCUT2D eigenvalue weighted by atomic mass is 10.1. The molecule has 1 aromatic heterocycles. The van der Waals surface area contributed by atoms with Crippen LogP contribution in [0.3, 0.4) is 0 Å². The van der Waals surface area contributed by atoms with E-state index in [9.17, 15) is 4.79 Å². The number of carbonyl (C=O) groups excluding carboxylic acids is 1. The van der Waals surface area contributed by atoms with Crippen molar-refractivity contribution in [3.8, 4) is 5.69 Å². The predicted octanol–water partition coefficient (Wildman–Crippen LogP) is 5.75. The van der Waals surface area contributed by atoms with Gasteiger partial charge in [-0.2, -0.15) is 5.10 Å². The summed E-state index contributed by atoms with van der Waals surface area (Å²) in [5.41, 5.74) is 10.6. The number of thioether (sulfide) groups is 1. The Labute approximate surface area is 187 Å². The summed E-state index contributed by atoms with van der Waals surface area (Å²) in [4.78, 5) is 12.1. The summed E-state index contributed by atoms with van der Waals surface area (Å²) in [7, 11) is 0. The second-order valence-corrected chi connectivity index (χ2v) is 8.84. The lowest BCUT2D eigenvalue weighted by Crippen LogP contribution is -2.19. The number of hydrogen-bond acceptors (Lipinski definition) is 3. The summed E-state index contributed by atoms with van der Waals surface area (Å²) in [5.74, 6) is 0.987. The van der Waals surface area contributed by atoms with Gasteiger partial charge in [0.2, 0.25) is 5.91 Å². The summed E-state index contributed by atoms with van der Waals surface area (Å²) < 4.78 is 2.21. The largest absolute Gasteiger partial charge is 0.318 e. The lowest BCUT2D eigenvalue weighted by molar-refractivity contribution is -0.118. The summed E-state index contributed by atoms with van der Waals surface area (Å²) in [6.07, 6.45) is 1.71. The Morgan fingerprint density at radius 3 is 2.40 bits per heavy atom. The van der Waals surface area contributed by atoms with Crippen LogP contribution in [0.5, 0.6) is 0 Å². The number of carbonyl (C=O) groups is 1. The minimum atomic E-state index is -0.117. The molecule has 0 radical (unpaired) electrons. The molecule has 0 aliphatic heterocycles. The Kier molecular flexibility index (Phi) is 7.40. The first kappa shape index (κ1) is 22.2. The summed E-state index contributed by atoms with van der Waals surface area (Å²) in [6.45, 7) is 8.35. The molecule has 4 nitrogen and oxygen atoms in total. The van der Waals surface area contributed by atoms with Crippen LogP contribution in [0, 0.1) is 27.7 Å². The maximum atomic E-state index is 12.1. The van der Waals surface area contributed by atoms with Gasteiger partial charge in [0.25, 0.3) is 0 Å². The van der Waals surface area contributed by atoms with Gasteiger partial charge < -0.3 is 4.57 Å². The molecule has 156 valence electrons. The number of hydrazone groups is 1. The van der Waals surface area contributed by atoms with E-state index in [4.69, 9.17) is 11.6 Å². The monoisotopic (exact) mass is 439 g/mol. The topological polar surface area (TPSA) is 46.4 Å². The molecule has 30 heavy (non-hydrogen) atoms. The van der Waals surface area contributed by atoms with E-state index in [1.807, 2.05) is 24.3 Å². The van der Waals surface area contributed by atoms with Gasteiger partial charge >= 0.3 is 0 Å². The molecule has 0 saturated heterocycles. The highest BCUT2D eigenvalue weighted by Crippen LogP contribution is 2.22. The molecular weight excluding hydrogens is 414 g/mol. The minimum Gasteiger partial charge on any atom is -0.318 e. The quantitative estimate of drug-likeness (QED) is 0.376. The molecular formula is C24H26ClN3OS. The van der Waals surface area contributed by atoms with Gasteiger partial charge in [-0.05, 0) is 74.7 Å². The van der Waals surface area contributed by atoms with E-state index in [1.165, 1.54) is 11.1 Å². The van der Waals surface area contributed by atoms with E-state index in [0.717, 1.165) is 34.0 Å². The molecule has 1 N–H and O–H groups in total. The zero-order valence-electron chi connectivity index (χ0n) is 17.7. The van der Waals surface area contributed by atoms with Gasteiger partial charge in [0.05, 0.1) is 12.0 Å². The van der Waals surface area contributed by atoms with Gasteiger partial charge in [0, 0.05) is 33.4 Å². The fourth-order valence-corrected chi connectivity index (χ4v) is 4.35. The smallest absolute Gasteiger partial charge is 0.250 e. The van der Waals surface area contributed by atoms with Crippen molar-refractivity contribution >= 4 is 35.5 Å². The second-order valence-electron chi connectivity index (χ2n) is 7.42. The summed E-state index contributed by atoms with van der Waals surface area (Å²) in [6, 6.07) is 16.3. The van der Waals surface area contributed by atoms with Gasteiger partial charge in [0.15, 0.2) is 0 Å². The van der Waals surface area contributed by atoms with Crippen molar-refractivity contribution < 1.29 is 4.79 Å². The number of nitrogens with zero attached hydrogens (tertiary/aromatic N) is 2. The molecule has 0 bridgehead atoms. The predicted molar refractivity (Wildman–Crippen MR) is 128 cm³/mol. The van der Waals surface area contributed by atoms with Crippen LogP contribution in [-0.2, 0) is 10.5 Å². The van der Waals surface area contributed by atoms with Crippen molar-refractivity contribution in [3.05, 3.63) is 87.2 Å². The molecule has 0 spiro atoms. The van der Waals surface area contributed by atoms with Crippen LogP contribution < -0.4 is 5.43 Å². The molecule has 0 aliphatic carbocycles. The van der Waals surface area contributed by atoms with Crippen molar-refractivity contribution in [1.82, 2.24) is 9.99 Å². The molecule has 0 fully saturated rings. The first-order valence-electron chi connectivity index (χ1n) is 9.75. The molecule has 6 heteroatoms. The third kappa shape index (κ3) is 5.77. The third-order valence-electron chi connectivity index (χ3n) is 4.74. The highest BCUT2D eigenvalue weighted by atomic mass is 35.5. The fraction of sp³-hybridized carbons (Fsp3) is 0.250. The van der Waals surface area contributed by atoms with Crippen LogP contribution in [0.15, 0.2) is 53.6 Å². The highest BCUT2D eigenvalue weighted by molar-refractivity contribution is 7.99. The molecule has 0 saturated carbocycles. The number of halogens is 1. The Morgan fingerprint density at radius 1 is 1.07 bits per heavy atom. The average Bonchev–Trinajstić information content (AvgIpc) is 2.96. The fourth-order valence-electron chi connectivity index (χ4n) is 3.44. The Morgan fingerprint density at radius 2 is 1.73 bits per heavy atom. The van der Waals surface area contributed by atoms with E-state index in [2.05, 4.69) is 67.1 Å². The number of benzene rings is 2.